The predicted molar refractivity (Wildman–Crippen MR) is 125 cm³/mol. The van der Waals surface area contributed by atoms with E-state index in [1.165, 1.54) is 23.9 Å². The molecule has 0 aliphatic carbocycles. The SMILES string of the molecule is Cc1occc1-c1nnc(S[C@@H](C)C(=O)c2cc(C)n(-c3ccc(OC(F)F)cc3)c2C)n1C. The summed E-state index contributed by atoms with van der Waals surface area (Å²) in [5, 5.41) is 8.75. The second kappa shape index (κ2) is 9.46. The third-order valence-electron chi connectivity index (χ3n) is 5.60. The quantitative estimate of drug-likeness (QED) is 0.233. The van der Waals surface area contributed by atoms with E-state index in [9.17, 15) is 13.6 Å². The Labute approximate surface area is 199 Å². The number of ether oxygens (including phenoxy) is 1. The van der Waals surface area contributed by atoms with Crippen LogP contribution in [0.15, 0.2) is 52.2 Å². The van der Waals surface area contributed by atoms with Gasteiger partial charge < -0.3 is 18.3 Å². The Hall–Kier alpha value is -3.40. The van der Waals surface area contributed by atoms with Gasteiger partial charge in [-0.25, -0.2) is 0 Å². The average Bonchev–Trinajstić information content (AvgIpc) is 3.45. The summed E-state index contributed by atoms with van der Waals surface area (Å²) in [6, 6.07) is 10.0. The lowest BCUT2D eigenvalue weighted by atomic mass is 10.1. The number of aryl methyl sites for hydroxylation is 2. The summed E-state index contributed by atoms with van der Waals surface area (Å²) in [5.41, 5.74) is 3.83. The standard InChI is InChI=1S/C24H24F2N4O3S/c1-13-12-20(14(2)30(13)17-6-8-18(9-7-17)33-23(25)26)21(31)16(4)34-24-28-27-22(29(24)5)19-10-11-32-15(19)3/h6-12,16,23H,1-5H3/t16-/m0/s1. The van der Waals surface area contributed by atoms with Crippen LogP contribution in [0.1, 0.15) is 34.4 Å². The molecule has 10 heteroatoms. The van der Waals surface area contributed by atoms with Crippen molar-refractivity contribution in [3.8, 4) is 22.8 Å². The minimum atomic E-state index is -2.88. The molecule has 0 saturated carbocycles. The first-order valence-electron chi connectivity index (χ1n) is 10.6. The van der Waals surface area contributed by atoms with E-state index in [1.54, 1.807) is 18.4 Å². The van der Waals surface area contributed by atoms with E-state index in [0.29, 0.717) is 16.5 Å². The van der Waals surface area contributed by atoms with E-state index in [1.807, 2.05) is 56.0 Å². The average molecular weight is 487 g/mol. The van der Waals surface area contributed by atoms with Crippen LogP contribution in [-0.2, 0) is 7.05 Å². The summed E-state index contributed by atoms with van der Waals surface area (Å²) in [7, 11) is 1.86. The van der Waals surface area contributed by atoms with E-state index in [4.69, 9.17) is 4.42 Å². The number of Topliss-reactive ketones (excluding diaryl/α,β-unsaturated/α-hetero) is 1. The Morgan fingerprint density at radius 3 is 2.44 bits per heavy atom. The number of alkyl halides is 2. The number of hydrogen-bond donors (Lipinski definition) is 0. The fourth-order valence-electron chi connectivity index (χ4n) is 3.89. The molecule has 4 aromatic rings. The van der Waals surface area contributed by atoms with E-state index in [-0.39, 0.29) is 11.5 Å². The lowest BCUT2D eigenvalue weighted by molar-refractivity contribution is -0.0498. The number of carbonyl (C=O) groups is 1. The number of furan rings is 1. The van der Waals surface area contributed by atoms with Gasteiger partial charge in [0.2, 0.25) is 0 Å². The van der Waals surface area contributed by atoms with Crippen molar-refractivity contribution < 1.29 is 22.7 Å². The molecular formula is C24H24F2N4O3S. The maximum Gasteiger partial charge on any atom is 0.387 e. The lowest BCUT2D eigenvalue weighted by Crippen LogP contribution is -2.15. The van der Waals surface area contributed by atoms with Gasteiger partial charge in [-0.2, -0.15) is 8.78 Å². The molecular weight excluding hydrogens is 462 g/mol. The molecule has 0 unspecified atom stereocenters. The maximum atomic E-state index is 13.3. The predicted octanol–water partition coefficient (Wildman–Crippen LogP) is 5.76. The van der Waals surface area contributed by atoms with Crippen LogP contribution in [0.3, 0.4) is 0 Å². The maximum absolute atomic E-state index is 13.3. The highest BCUT2D eigenvalue weighted by molar-refractivity contribution is 8.00. The Morgan fingerprint density at radius 1 is 1.12 bits per heavy atom. The summed E-state index contributed by atoms with van der Waals surface area (Å²) in [4.78, 5) is 13.3. The van der Waals surface area contributed by atoms with Crippen molar-refractivity contribution in [2.45, 2.75) is 44.7 Å². The molecule has 178 valence electrons. The smallest absolute Gasteiger partial charge is 0.387 e. The number of carbonyl (C=O) groups excluding carboxylic acids is 1. The van der Waals surface area contributed by atoms with Gasteiger partial charge in [0.15, 0.2) is 16.8 Å². The van der Waals surface area contributed by atoms with Gasteiger partial charge in [-0.05, 0) is 64.1 Å². The molecule has 0 aliphatic heterocycles. The summed E-state index contributed by atoms with van der Waals surface area (Å²) < 4.78 is 38.4. The highest BCUT2D eigenvalue weighted by Gasteiger charge is 2.25. The largest absolute Gasteiger partial charge is 0.469 e. The van der Waals surface area contributed by atoms with Crippen LogP contribution in [0.5, 0.6) is 5.75 Å². The minimum absolute atomic E-state index is 0.0361. The molecule has 3 aromatic heterocycles. The molecule has 0 aliphatic rings. The number of ketones is 1. The topological polar surface area (TPSA) is 75.1 Å². The highest BCUT2D eigenvalue weighted by Crippen LogP contribution is 2.31. The monoisotopic (exact) mass is 486 g/mol. The number of thioether (sulfide) groups is 1. The molecule has 0 N–H and O–H groups in total. The molecule has 0 radical (unpaired) electrons. The summed E-state index contributed by atoms with van der Waals surface area (Å²) in [6.07, 6.45) is 1.60. The number of rotatable bonds is 8. The fraction of sp³-hybridized carbons (Fsp3) is 0.292. The van der Waals surface area contributed by atoms with Gasteiger partial charge in [-0.1, -0.05) is 11.8 Å². The molecule has 4 rings (SSSR count). The highest BCUT2D eigenvalue weighted by atomic mass is 32.2. The van der Waals surface area contributed by atoms with E-state index in [0.717, 1.165) is 28.4 Å². The van der Waals surface area contributed by atoms with Crippen LogP contribution >= 0.6 is 11.8 Å². The van der Waals surface area contributed by atoms with Gasteiger partial charge in [0.25, 0.3) is 0 Å². The number of halogens is 2. The molecule has 0 fully saturated rings. The molecule has 0 spiro atoms. The van der Waals surface area contributed by atoms with Crippen LogP contribution < -0.4 is 4.74 Å². The zero-order valence-electron chi connectivity index (χ0n) is 19.4. The van der Waals surface area contributed by atoms with Crippen molar-refractivity contribution in [1.82, 2.24) is 19.3 Å². The third kappa shape index (κ3) is 4.50. The molecule has 0 bridgehead atoms. The Balaban J connectivity index is 1.55. The van der Waals surface area contributed by atoms with Crippen LogP contribution in [0.25, 0.3) is 17.1 Å². The molecule has 0 saturated heterocycles. The van der Waals surface area contributed by atoms with Gasteiger partial charge in [0.05, 0.1) is 17.1 Å². The number of hydrogen-bond acceptors (Lipinski definition) is 6. The van der Waals surface area contributed by atoms with Crippen LogP contribution in [0, 0.1) is 20.8 Å². The number of benzene rings is 1. The van der Waals surface area contributed by atoms with Crippen LogP contribution in [0.2, 0.25) is 0 Å². The van der Waals surface area contributed by atoms with Gasteiger partial charge in [0.1, 0.15) is 11.5 Å². The van der Waals surface area contributed by atoms with Crippen molar-refractivity contribution in [2.24, 2.45) is 7.05 Å². The third-order valence-corrected chi connectivity index (χ3v) is 6.74. The van der Waals surface area contributed by atoms with Gasteiger partial charge in [-0.15, -0.1) is 10.2 Å². The molecule has 0 amide bonds. The normalized spacial score (nSPS) is 12.4. The van der Waals surface area contributed by atoms with Crippen molar-refractivity contribution in [1.29, 1.82) is 0 Å². The van der Waals surface area contributed by atoms with E-state index < -0.39 is 11.9 Å². The first-order chi connectivity index (χ1) is 16.2. The Bertz CT molecular complexity index is 1320. The minimum Gasteiger partial charge on any atom is -0.469 e. The summed E-state index contributed by atoms with van der Waals surface area (Å²) in [6.45, 7) is 4.58. The van der Waals surface area contributed by atoms with Crippen molar-refractivity contribution in [3.63, 3.8) is 0 Å². The van der Waals surface area contributed by atoms with Gasteiger partial charge in [-0.3, -0.25) is 4.79 Å². The van der Waals surface area contributed by atoms with Crippen LogP contribution in [-0.4, -0.2) is 37.0 Å². The second-order valence-corrected chi connectivity index (χ2v) is 9.18. The fourth-order valence-corrected chi connectivity index (χ4v) is 4.77. The molecule has 34 heavy (non-hydrogen) atoms. The molecule has 1 aromatic carbocycles. The van der Waals surface area contributed by atoms with Crippen molar-refractivity contribution >= 4 is 17.5 Å². The zero-order chi connectivity index (χ0) is 24.6. The van der Waals surface area contributed by atoms with Crippen LogP contribution in [0.4, 0.5) is 8.78 Å². The second-order valence-electron chi connectivity index (χ2n) is 7.87. The Morgan fingerprint density at radius 2 is 1.82 bits per heavy atom. The lowest BCUT2D eigenvalue weighted by Gasteiger charge is -2.13. The first kappa shape index (κ1) is 23.7. The van der Waals surface area contributed by atoms with Gasteiger partial charge in [0, 0.05) is 29.7 Å². The molecule has 1 atom stereocenters. The number of aromatic nitrogens is 4. The first-order valence-corrected chi connectivity index (χ1v) is 11.4. The van der Waals surface area contributed by atoms with E-state index in [2.05, 4.69) is 14.9 Å². The molecule has 7 nitrogen and oxygen atoms in total. The zero-order valence-corrected chi connectivity index (χ0v) is 20.2. The summed E-state index contributed by atoms with van der Waals surface area (Å²) in [5.74, 6) is 1.46. The van der Waals surface area contributed by atoms with Crippen molar-refractivity contribution in [2.75, 3.05) is 0 Å². The van der Waals surface area contributed by atoms with Crippen molar-refractivity contribution in [3.05, 3.63) is 65.4 Å². The Kier molecular flexibility index (Phi) is 6.60. The van der Waals surface area contributed by atoms with E-state index >= 15 is 0 Å². The number of nitrogens with zero attached hydrogens (tertiary/aromatic N) is 4. The van der Waals surface area contributed by atoms with Gasteiger partial charge >= 0.3 is 6.61 Å². The summed E-state index contributed by atoms with van der Waals surface area (Å²) >= 11 is 1.34. The molecule has 3 heterocycles.